The molecule has 8 aromatic carbocycles. The van der Waals surface area contributed by atoms with Crippen LogP contribution in [-0.2, 0) is 0 Å². The van der Waals surface area contributed by atoms with E-state index in [4.69, 9.17) is 0 Å². The maximum absolute atomic E-state index is 2.49. The minimum absolute atomic E-state index is 1.18. The number of hydrogen-bond donors (Lipinski definition) is 0. The summed E-state index contributed by atoms with van der Waals surface area (Å²) in [5.41, 5.74) is 16.9. The molecule has 0 bridgehead atoms. The van der Waals surface area contributed by atoms with E-state index in [-0.39, 0.29) is 0 Å². The molecule has 45 heavy (non-hydrogen) atoms. The lowest BCUT2D eigenvalue weighted by Gasteiger charge is -2.14. The fraction of sp³-hybridized carbons (Fsp3) is 0. The summed E-state index contributed by atoms with van der Waals surface area (Å²) in [7, 11) is 0. The Bertz CT molecular complexity index is 2710. The first-order chi connectivity index (χ1) is 22.3. The number of rotatable bonds is 2. The van der Waals surface area contributed by atoms with Crippen LogP contribution < -0.4 is 0 Å². The van der Waals surface area contributed by atoms with Crippen molar-refractivity contribution >= 4 is 43.4 Å². The van der Waals surface area contributed by atoms with Crippen LogP contribution in [0.25, 0.3) is 105 Å². The normalized spacial score (nSPS) is 12.4. The molecule has 1 heterocycles. The van der Waals surface area contributed by atoms with Gasteiger partial charge < -0.3 is 4.57 Å². The fourth-order valence-corrected chi connectivity index (χ4v) is 8.45. The highest BCUT2D eigenvalue weighted by molar-refractivity contribution is 6.25. The zero-order valence-corrected chi connectivity index (χ0v) is 24.4. The van der Waals surface area contributed by atoms with Crippen molar-refractivity contribution in [2.45, 2.75) is 0 Å². The summed E-state index contributed by atoms with van der Waals surface area (Å²) < 4.78 is 2.49. The van der Waals surface area contributed by atoms with Gasteiger partial charge in [0.25, 0.3) is 0 Å². The van der Waals surface area contributed by atoms with Crippen molar-refractivity contribution < 1.29 is 0 Å². The molecule has 1 nitrogen and oxygen atoms in total. The summed E-state index contributed by atoms with van der Waals surface area (Å²) in [5.74, 6) is 0. The molecule has 1 aromatic heterocycles. The third-order valence-corrected chi connectivity index (χ3v) is 10.3. The molecule has 0 saturated heterocycles. The van der Waals surface area contributed by atoms with Crippen molar-refractivity contribution in [1.82, 2.24) is 4.57 Å². The van der Waals surface area contributed by atoms with Gasteiger partial charge >= 0.3 is 0 Å². The van der Waals surface area contributed by atoms with Gasteiger partial charge in [-0.15, -0.1) is 0 Å². The zero-order valence-electron chi connectivity index (χ0n) is 24.4. The van der Waals surface area contributed by atoms with Gasteiger partial charge in [-0.25, -0.2) is 0 Å². The van der Waals surface area contributed by atoms with E-state index in [0.29, 0.717) is 0 Å². The number of para-hydroxylation sites is 1. The van der Waals surface area contributed by atoms with Gasteiger partial charge in [0.2, 0.25) is 0 Å². The van der Waals surface area contributed by atoms with Gasteiger partial charge in [-0.05, 0) is 89.8 Å². The molecule has 1 heteroatoms. The van der Waals surface area contributed by atoms with E-state index >= 15 is 0 Å². The van der Waals surface area contributed by atoms with Crippen molar-refractivity contribution in [3.63, 3.8) is 0 Å². The summed E-state index contributed by atoms with van der Waals surface area (Å²) in [6.07, 6.45) is 0. The van der Waals surface area contributed by atoms with Crippen LogP contribution in [0.2, 0.25) is 0 Å². The summed E-state index contributed by atoms with van der Waals surface area (Å²) >= 11 is 0. The first kappa shape index (κ1) is 23.5. The smallest absolute Gasteiger partial charge is 0.0625 e. The highest BCUT2D eigenvalue weighted by Crippen LogP contribution is 2.52. The minimum atomic E-state index is 1.18. The van der Waals surface area contributed by atoms with Crippen LogP contribution in [-0.4, -0.2) is 4.57 Å². The van der Waals surface area contributed by atoms with E-state index < -0.39 is 0 Å². The Balaban J connectivity index is 1.14. The average Bonchev–Trinajstić information content (AvgIpc) is 3.74. The zero-order chi connectivity index (χ0) is 29.2. The number of hydrogen-bond acceptors (Lipinski definition) is 0. The average molecular weight is 568 g/mol. The monoisotopic (exact) mass is 567 g/mol. The number of benzene rings is 8. The predicted molar refractivity (Wildman–Crippen MR) is 190 cm³/mol. The molecule has 0 radical (unpaired) electrons. The molecule has 0 aliphatic heterocycles. The van der Waals surface area contributed by atoms with Crippen molar-refractivity contribution in [3.8, 4) is 61.3 Å². The summed E-state index contributed by atoms with van der Waals surface area (Å²) in [6.45, 7) is 0. The molecule has 2 aliphatic carbocycles. The molecule has 0 saturated carbocycles. The van der Waals surface area contributed by atoms with Crippen LogP contribution in [0, 0.1) is 0 Å². The van der Waals surface area contributed by atoms with E-state index in [2.05, 4.69) is 156 Å². The molecule has 9 aromatic rings. The van der Waals surface area contributed by atoms with Crippen molar-refractivity contribution in [1.29, 1.82) is 0 Å². The Morgan fingerprint density at radius 3 is 1.76 bits per heavy atom. The Morgan fingerprint density at radius 2 is 0.933 bits per heavy atom. The Labute approximate surface area is 260 Å². The number of nitrogens with zero attached hydrogens (tertiary/aromatic N) is 1. The molecular formula is C44H25N. The van der Waals surface area contributed by atoms with Crippen LogP contribution in [0.5, 0.6) is 0 Å². The summed E-state index contributed by atoms with van der Waals surface area (Å²) in [6, 6.07) is 56.4. The minimum Gasteiger partial charge on any atom is -0.309 e. The van der Waals surface area contributed by atoms with Crippen LogP contribution in [0.1, 0.15) is 0 Å². The SMILES string of the molecule is c1ccc2c(c1)-c1cccc3c(-c4ccc(-n5c6ccccc6c6ccc7c(c65)-c5cccc6cccc-7c56)cc4)ccc-2c13. The lowest BCUT2D eigenvalue weighted by molar-refractivity contribution is 1.18. The molecule has 0 N–H and O–H groups in total. The molecule has 0 atom stereocenters. The van der Waals surface area contributed by atoms with E-state index in [9.17, 15) is 0 Å². The van der Waals surface area contributed by atoms with E-state index in [1.165, 1.54) is 105 Å². The third-order valence-electron chi connectivity index (χ3n) is 10.3. The first-order valence-corrected chi connectivity index (χ1v) is 15.7. The Morgan fingerprint density at radius 1 is 0.333 bits per heavy atom. The van der Waals surface area contributed by atoms with Crippen LogP contribution >= 0.6 is 0 Å². The maximum atomic E-state index is 2.49. The molecule has 0 fully saturated rings. The van der Waals surface area contributed by atoms with Crippen LogP contribution in [0.4, 0.5) is 0 Å². The molecule has 0 unspecified atom stereocenters. The second-order valence-corrected chi connectivity index (χ2v) is 12.4. The molecule has 0 amide bonds. The highest BCUT2D eigenvalue weighted by Gasteiger charge is 2.27. The molecule has 0 spiro atoms. The van der Waals surface area contributed by atoms with E-state index in [0.717, 1.165) is 0 Å². The van der Waals surface area contributed by atoms with E-state index in [1.54, 1.807) is 0 Å². The fourth-order valence-electron chi connectivity index (χ4n) is 8.45. The predicted octanol–water partition coefficient (Wildman–Crippen LogP) is 12.1. The van der Waals surface area contributed by atoms with Gasteiger partial charge in [-0.1, -0.05) is 133 Å². The van der Waals surface area contributed by atoms with E-state index in [1.807, 2.05) is 0 Å². The van der Waals surface area contributed by atoms with Crippen molar-refractivity contribution in [2.75, 3.05) is 0 Å². The maximum Gasteiger partial charge on any atom is 0.0625 e. The lowest BCUT2D eigenvalue weighted by atomic mass is 9.94. The lowest BCUT2D eigenvalue weighted by Crippen LogP contribution is -1.95. The summed E-state index contributed by atoms with van der Waals surface area (Å²) in [4.78, 5) is 0. The molecule has 2 aliphatic rings. The number of aromatic nitrogens is 1. The molecule has 11 rings (SSSR count). The van der Waals surface area contributed by atoms with Gasteiger partial charge in [0.05, 0.1) is 11.0 Å². The standard InChI is InChI=1S/C44H25N/c1-2-11-31-30(10-1)34-15-7-14-33-29(22-23-36(31)42(33)34)26-18-20-28(21-19-26)45-40-17-4-3-12-32(40)38-25-24-37-35-13-5-8-27-9-6-16-39(41(27)35)43(37)44(38)45/h1-25H. The van der Waals surface area contributed by atoms with Crippen LogP contribution in [0.15, 0.2) is 152 Å². The quantitative estimate of drug-likeness (QED) is 0.196. The van der Waals surface area contributed by atoms with Gasteiger partial charge in [0, 0.05) is 22.0 Å². The Hall–Kier alpha value is -5.92. The first-order valence-electron chi connectivity index (χ1n) is 15.7. The Kier molecular flexibility index (Phi) is 4.38. The largest absolute Gasteiger partial charge is 0.309 e. The van der Waals surface area contributed by atoms with Crippen LogP contribution in [0.3, 0.4) is 0 Å². The molecular weight excluding hydrogens is 542 g/mol. The summed E-state index contributed by atoms with van der Waals surface area (Å²) in [5, 5.41) is 7.93. The van der Waals surface area contributed by atoms with Gasteiger partial charge in [0.15, 0.2) is 0 Å². The van der Waals surface area contributed by atoms with Gasteiger partial charge in [0.1, 0.15) is 0 Å². The topological polar surface area (TPSA) is 4.93 Å². The van der Waals surface area contributed by atoms with Gasteiger partial charge in [-0.3, -0.25) is 0 Å². The third kappa shape index (κ3) is 2.93. The number of fused-ring (bicyclic) bond motifs is 10. The molecule has 206 valence electrons. The van der Waals surface area contributed by atoms with Gasteiger partial charge in [-0.2, -0.15) is 0 Å². The van der Waals surface area contributed by atoms with Crippen molar-refractivity contribution in [3.05, 3.63) is 152 Å². The second kappa shape index (κ2) is 8.37. The van der Waals surface area contributed by atoms with Crippen molar-refractivity contribution in [2.24, 2.45) is 0 Å². The highest BCUT2D eigenvalue weighted by atomic mass is 15.0. The second-order valence-electron chi connectivity index (χ2n) is 12.4.